The average Bonchev–Trinajstić information content (AvgIpc) is 2.35. The van der Waals surface area contributed by atoms with Crippen LogP contribution in [0.3, 0.4) is 0 Å². The van der Waals surface area contributed by atoms with E-state index in [1.165, 1.54) is 25.7 Å². The monoisotopic (exact) mass is 245 g/mol. The summed E-state index contributed by atoms with van der Waals surface area (Å²) in [5.74, 6) is -0.393. The molecule has 1 atom stereocenters. The van der Waals surface area contributed by atoms with E-state index >= 15 is 0 Å². The standard InChI is InChI=1S/C12H27N3O2/c13-8-6-4-2-1-3-5-7-9-17-12(16)11(15)10-14/h11H,1-10,13-15H2. The summed E-state index contributed by atoms with van der Waals surface area (Å²) < 4.78 is 4.98. The zero-order valence-corrected chi connectivity index (χ0v) is 10.7. The number of nitrogens with two attached hydrogens (primary N) is 3. The van der Waals surface area contributed by atoms with Gasteiger partial charge in [-0.2, -0.15) is 0 Å². The van der Waals surface area contributed by atoms with Gasteiger partial charge >= 0.3 is 5.97 Å². The Morgan fingerprint density at radius 2 is 1.47 bits per heavy atom. The van der Waals surface area contributed by atoms with E-state index in [-0.39, 0.29) is 6.54 Å². The van der Waals surface area contributed by atoms with Crippen molar-refractivity contribution < 1.29 is 9.53 Å². The van der Waals surface area contributed by atoms with Gasteiger partial charge in [-0.25, -0.2) is 0 Å². The highest BCUT2D eigenvalue weighted by Gasteiger charge is 2.11. The van der Waals surface area contributed by atoms with Crippen molar-refractivity contribution in [3.8, 4) is 0 Å². The van der Waals surface area contributed by atoms with Crippen molar-refractivity contribution >= 4 is 5.97 Å². The third-order valence-electron chi connectivity index (χ3n) is 2.65. The van der Waals surface area contributed by atoms with Gasteiger partial charge in [0.05, 0.1) is 6.61 Å². The first-order valence-electron chi connectivity index (χ1n) is 6.54. The Bertz CT molecular complexity index is 189. The second-order valence-corrected chi connectivity index (χ2v) is 4.27. The van der Waals surface area contributed by atoms with Gasteiger partial charge in [0.2, 0.25) is 0 Å². The Morgan fingerprint density at radius 1 is 0.941 bits per heavy atom. The van der Waals surface area contributed by atoms with Crippen molar-refractivity contribution in [1.29, 1.82) is 0 Å². The molecule has 0 bridgehead atoms. The molecule has 0 heterocycles. The second-order valence-electron chi connectivity index (χ2n) is 4.27. The van der Waals surface area contributed by atoms with E-state index in [2.05, 4.69) is 0 Å². The van der Waals surface area contributed by atoms with E-state index in [0.29, 0.717) is 6.61 Å². The number of carbonyl (C=O) groups excluding carboxylic acids is 1. The Morgan fingerprint density at radius 3 is 2.00 bits per heavy atom. The largest absolute Gasteiger partial charge is 0.464 e. The lowest BCUT2D eigenvalue weighted by Gasteiger charge is -2.08. The van der Waals surface area contributed by atoms with Crippen molar-refractivity contribution in [2.45, 2.75) is 51.0 Å². The van der Waals surface area contributed by atoms with Gasteiger partial charge in [-0.3, -0.25) is 4.79 Å². The molecule has 6 N–H and O–H groups in total. The molecule has 0 aromatic heterocycles. The molecule has 0 aromatic rings. The number of unbranched alkanes of at least 4 members (excludes halogenated alkanes) is 6. The molecule has 0 rings (SSSR count). The zero-order valence-electron chi connectivity index (χ0n) is 10.7. The van der Waals surface area contributed by atoms with E-state index in [1.54, 1.807) is 0 Å². The minimum atomic E-state index is -0.675. The molecule has 5 heteroatoms. The van der Waals surface area contributed by atoms with Crippen molar-refractivity contribution in [1.82, 2.24) is 0 Å². The van der Waals surface area contributed by atoms with Gasteiger partial charge in [0.25, 0.3) is 0 Å². The highest BCUT2D eigenvalue weighted by atomic mass is 16.5. The van der Waals surface area contributed by atoms with Crippen LogP contribution in [0, 0.1) is 0 Å². The predicted octanol–water partition coefficient (Wildman–Crippen LogP) is 0.505. The first-order valence-corrected chi connectivity index (χ1v) is 6.54. The summed E-state index contributed by atoms with van der Waals surface area (Å²) in [7, 11) is 0. The third kappa shape index (κ3) is 10.2. The van der Waals surface area contributed by atoms with Gasteiger partial charge in [0.15, 0.2) is 0 Å². The number of rotatable bonds is 11. The van der Waals surface area contributed by atoms with Crippen molar-refractivity contribution in [3.63, 3.8) is 0 Å². The number of carbonyl (C=O) groups is 1. The van der Waals surface area contributed by atoms with Crippen molar-refractivity contribution in [2.75, 3.05) is 19.7 Å². The van der Waals surface area contributed by atoms with Crippen LogP contribution in [0.4, 0.5) is 0 Å². The summed E-state index contributed by atoms with van der Waals surface area (Å²) in [5, 5.41) is 0. The quantitative estimate of drug-likeness (QED) is 0.363. The van der Waals surface area contributed by atoms with Gasteiger partial charge in [-0.15, -0.1) is 0 Å². The maximum absolute atomic E-state index is 11.1. The Labute approximate surface area is 104 Å². The van der Waals surface area contributed by atoms with Gasteiger partial charge in [-0.1, -0.05) is 32.1 Å². The van der Waals surface area contributed by atoms with E-state index < -0.39 is 12.0 Å². The second kappa shape index (κ2) is 11.8. The minimum absolute atomic E-state index is 0.139. The van der Waals surface area contributed by atoms with Gasteiger partial charge < -0.3 is 21.9 Å². The fraction of sp³-hybridized carbons (Fsp3) is 0.917. The average molecular weight is 245 g/mol. The van der Waals surface area contributed by atoms with Crippen LogP contribution in [0.5, 0.6) is 0 Å². The highest BCUT2D eigenvalue weighted by Crippen LogP contribution is 2.06. The fourth-order valence-corrected chi connectivity index (χ4v) is 1.51. The molecule has 0 amide bonds. The lowest BCUT2D eigenvalue weighted by Crippen LogP contribution is -2.39. The van der Waals surface area contributed by atoms with Crippen LogP contribution in [-0.4, -0.2) is 31.7 Å². The van der Waals surface area contributed by atoms with Crippen molar-refractivity contribution in [3.05, 3.63) is 0 Å². The Kier molecular flexibility index (Phi) is 11.4. The highest BCUT2D eigenvalue weighted by molar-refractivity contribution is 5.75. The molecule has 1 unspecified atom stereocenters. The molecule has 0 fully saturated rings. The third-order valence-corrected chi connectivity index (χ3v) is 2.65. The fourth-order valence-electron chi connectivity index (χ4n) is 1.51. The molecule has 0 radical (unpaired) electrons. The molecule has 0 aliphatic carbocycles. The smallest absolute Gasteiger partial charge is 0.324 e. The first-order chi connectivity index (χ1) is 8.22. The molecule has 5 nitrogen and oxygen atoms in total. The van der Waals surface area contributed by atoms with Gasteiger partial charge in [-0.05, 0) is 19.4 Å². The number of hydrogen-bond donors (Lipinski definition) is 3. The topological polar surface area (TPSA) is 104 Å². The number of ether oxygens (including phenoxy) is 1. The molecule has 0 saturated heterocycles. The summed E-state index contributed by atoms with van der Waals surface area (Å²) in [4.78, 5) is 11.1. The maximum Gasteiger partial charge on any atom is 0.324 e. The lowest BCUT2D eigenvalue weighted by atomic mass is 10.1. The van der Waals surface area contributed by atoms with Gasteiger partial charge in [0.1, 0.15) is 6.04 Å². The summed E-state index contributed by atoms with van der Waals surface area (Å²) in [6.45, 7) is 1.38. The van der Waals surface area contributed by atoms with Crippen LogP contribution >= 0.6 is 0 Å². The molecule has 0 aliphatic rings. The maximum atomic E-state index is 11.1. The summed E-state index contributed by atoms with van der Waals surface area (Å²) >= 11 is 0. The number of hydrogen-bond acceptors (Lipinski definition) is 5. The summed E-state index contributed by atoms with van der Waals surface area (Å²) in [6.07, 6.45) is 8.00. The molecule has 0 spiro atoms. The van der Waals surface area contributed by atoms with E-state index in [4.69, 9.17) is 21.9 Å². The molecule has 0 aromatic carbocycles. The SMILES string of the molecule is NCCCCCCCCCOC(=O)C(N)CN. The molecular weight excluding hydrogens is 218 g/mol. The Hall–Kier alpha value is -0.650. The van der Waals surface area contributed by atoms with E-state index in [1.807, 2.05) is 0 Å². The van der Waals surface area contributed by atoms with E-state index in [0.717, 1.165) is 25.8 Å². The molecule has 17 heavy (non-hydrogen) atoms. The lowest BCUT2D eigenvalue weighted by molar-refractivity contribution is -0.145. The molecule has 102 valence electrons. The van der Waals surface area contributed by atoms with Crippen LogP contribution < -0.4 is 17.2 Å². The van der Waals surface area contributed by atoms with Crippen LogP contribution in [0.25, 0.3) is 0 Å². The van der Waals surface area contributed by atoms with Crippen LogP contribution in [0.1, 0.15) is 44.9 Å². The van der Waals surface area contributed by atoms with Crippen LogP contribution in [0.2, 0.25) is 0 Å². The molecule has 0 saturated carbocycles. The Balaban J connectivity index is 3.16. The molecular formula is C12H27N3O2. The summed E-state index contributed by atoms with van der Waals surface area (Å²) in [6, 6.07) is -0.675. The van der Waals surface area contributed by atoms with Crippen LogP contribution in [-0.2, 0) is 9.53 Å². The van der Waals surface area contributed by atoms with Gasteiger partial charge in [0, 0.05) is 6.54 Å². The predicted molar refractivity (Wildman–Crippen MR) is 69.4 cm³/mol. The summed E-state index contributed by atoms with van der Waals surface area (Å²) in [5.41, 5.74) is 16.1. The van der Waals surface area contributed by atoms with Crippen LogP contribution in [0.15, 0.2) is 0 Å². The van der Waals surface area contributed by atoms with Crippen molar-refractivity contribution in [2.24, 2.45) is 17.2 Å². The molecule has 0 aliphatic heterocycles. The zero-order chi connectivity index (χ0) is 12.9. The first kappa shape index (κ1) is 16.4. The normalized spacial score (nSPS) is 12.4. The minimum Gasteiger partial charge on any atom is -0.464 e. The number of esters is 1. The van der Waals surface area contributed by atoms with E-state index in [9.17, 15) is 4.79 Å².